The molecule has 1 saturated heterocycles. The standard InChI is InChI=1S/C10H21N3O/c1-8(11)10(14)13-6-4-5-9(7-13)12(2)3/h8-9H,4-7,11H2,1-3H3/t8-,9?/m0/s1. The van der Waals surface area contributed by atoms with E-state index in [1.807, 2.05) is 4.90 Å². The molecule has 2 N–H and O–H groups in total. The Labute approximate surface area is 86.0 Å². The lowest BCUT2D eigenvalue weighted by molar-refractivity contribution is -0.134. The van der Waals surface area contributed by atoms with Crippen LogP contribution in [-0.4, -0.2) is 55.0 Å². The zero-order chi connectivity index (χ0) is 10.7. The highest BCUT2D eigenvalue weighted by molar-refractivity contribution is 5.81. The molecule has 0 saturated carbocycles. The van der Waals surface area contributed by atoms with Gasteiger partial charge in [0.1, 0.15) is 0 Å². The van der Waals surface area contributed by atoms with E-state index in [1.165, 1.54) is 6.42 Å². The van der Waals surface area contributed by atoms with Crippen LogP contribution >= 0.6 is 0 Å². The quantitative estimate of drug-likeness (QED) is 0.675. The lowest BCUT2D eigenvalue weighted by Gasteiger charge is -2.36. The smallest absolute Gasteiger partial charge is 0.239 e. The van der Waals surface area contributed by atoms with Gasteiger partial charge in [-0.2, -0.15) is 0 Å². The summed E-state index contributed by atoms with van der Waals surface area (Å²) >= 11 is 0. The van der Waals surface area contributed by atoms with Gasteiger partial charge in [0.2, 0.25) is 5.91 Å². The third kappa shape index (κ3) is 2.69. The van der Waals surface area contributed by atoms with Crippen LogP contribution in [0.15, 0.2) is 0 Å². The first-order valence-corrected chi connectivity index (χ1v) is 5.23. The number of carbonyl (C=O) groups is 1. The van der Waals surface area contributed by atoms with Crippen molar-refractivity contribution in [2.75, 3.05) is 27.2 Å². The van der Waals surface area contributed by atoms with E-state index in [0.29, 0.717) is 6.04 Å². The molecule has 14 heavy (non-hydrogen) atoms. The molecule has 2 atom stereocenters. The zero-order valence-corrected chi connectivity index (χ0v) is 9.36. The molecule has 1 unspecified atom stereocenters. The van der Waals surface area contributed by atoms with Crippen LogP contribution in [0.25, 0.3) is 0 Å². The molecule has 0 aromatic carbocycles. The summed E-state index contributed by atoms with van der Waals surface area (Å²) in [7, 11) is 4.12. The van der Waals surface area contributed by atoms with Gasteiger partial charge in [-0.1, -0.05) is 0 Å². The first-order chi connectivity index (χ1) is 6.52. The number of hydrogen-bond acceptors (Lipinski definition) is 3. The largest absolute Gasteiger partial charge is 0.340 e. The zero-order valence-electron chi connectivity index (χ0n) is 9.36. The Hall–Kier alpha value is -0.610. The van der Waals surface area contributed by atoms with Gasteiger partial charge < -0.3 is 15.5 Å². The second kappa shape index (κ2) is 4.75. The first kappa shape index (κ1) is 11.5. The maximum atomic E-state index is 11.6. The monoisotopic (exact) mass is 199 g/mol. The summed E-state index contributed by atoms with van der Waals surface area (Å²) in [4.78, 5) is 15.7. The van der Waals surface area contributed by atoms with Crippen LogP contribution in [-0.2, 0) is 4.79 Å². The molecule has 0 aliphatic carbocycles. The Morgan fingerprint density at radius 3 is 2.71 bits per heavy atom. The van der Waals surface area contributed by atoms with Crippen LogP contribution < -0.4 is 5.73 Å². The molecule has 4 nitrogen and oxygen atoms in total. The van der Waals surface area contributed by atoms with E-state index in [4.69, 9.17) is 5.73 Å². The molecule has 1 fully saturated rings. The summed E-state index contributed by atoms with van der Waals surface area (Å²) in [6.45, 7) is 3.44. The Kier molecular flexibility index (Phi) is 3.89. The fourth-order valence-electron chi connectivity index (χ4n) is 1.86. The van der Waals surface area contributed by atoms with E-state index >= 15 is 0 Å². The maximum absolute atomic E-state index is 11.6. The van der Waals surface area contributed by atoms with Crippen molar-refractivity contribution in [3.05, 3.63) is 0 Å². The molecule has 0 spiro atoms. The number of piperidine rings is 1. The fraction of sp³-hybridized carbons (Fsp3) is 0.900. The molecule has 1 aliphatic heterocycles. The number of amides is 1. The Bertz CT molecular complexity index is 204. The number of nitrogens with zero attached hydrogens (tertiary/aromatic N) is 2. The fourth-order valence-corrected chi connectivity index (χ4v) is 1.86. The summed E-state index contributed by atoms with van der Waals surface area (Å²) in [5.74, 6) is 0.0801. The Morgan fingerprint density at radius 1 is 1.57 bits per heavy atom. The molecule has 1 aliphatic rings. The van der Waals surface area contributed by atoms with E-state index in [0.717, 1.165) is 19.5 Å². The van der Waals surface area contributed by atoms with E-state index < -0.39 is 0 Å². The van der Waals surface area contributed by atoms with Crippen LogP contribution in [0.5, 0.6) is 0 Å². The molecular formula is C10H21N3O. The second-order valence-electron chi connectivity index (χ2n) is 4.33. The van der Waals surface area contributed by atoms with Gasteiger partial charge in [0.05, 0.1) is 6.04 Å². The number of carbonyl (C=O) groups excluding carboxylic acids is 1. The molecule has 0 bridgehead atoms. The van der Waals surface area contributed by atoms with Crippen LogP contribution in [0.3, 0.4) is 0 Å². The minimum absolute atomic E-state index is 0.0801. The molecule has 1 amide bonds. The highest BCUT2D eigenvalue weighted by atomic mass is 16.2. The van der Waals surface area contributed by atoms with E-state index in [-0.39, 0.29) is 11.9 Å². The van der Waals surface area contributed by atoms with Gasteiger partial charge in [-0.15, -0.1) is 0 Å². The third-order valence-corrected chi connectivity index (χ3v) is 2.83. The van der Waals surface area contributed by atoms with Crippen molar-refractivity contribution >= 4 is 5.91 Å². The van der Waals surface area contributed by atoms with Gasteiger partial charge in [-0.05, 0) is 33.9 Å². The number of likely N-dealkylation sites (N-methyl/N-ethyl adjacent to an activating group) is 1. The lowest BCUT2D eigenvalue weighted by atomic mass is 10.0. The highest BCUT2D eigenvalue weighted by Gasteiger charge is 2.25. The van der Waals surface area contributed by atoms with Gasteiger partial charge in [-0.25, -0.2) is 0 Å². The predicted octanol–water partition coefficient (Wildman–Crippen LogP) is -0.114. The van der Waals surface area contributed by atoms with Gasteiger partial charge in [0.15, 0.2) is 0 Å². The first-order valence-electron chi connectivity index (χ1n) is 5.23. The SMILES string of the molecule is C[C@H](N)C(=O)N1CCCC(N(C)C)C1. The van der Waals surface area contributed by atoms with Crippen LogP contribution in [0.1, 0.15) is 19.8 Å². The van der Waals surface area contributed by atoms with Crippen LogP contribution in [0.4, 0.5) is 0 Å². The number of hydrogen-bond donors (Lipinski definition) is 1. The molecule has 0 aromatic rings. The maximum Gasteiger partial charge on any atom is 0.239 e. The van der Waals surface area contributed by atoms with Crippen molar-refractivity contribution in [1.29, 1.82) is 0 Å². The van der Waals surface area contributed by atoms with Crippen LogP contribution in [0.2, 0.25) is 0 Å². The number of rotatable bonds is 2. The van der Waals surface area contributed by atoms with E-state index in [2.05, 4.69) is 19.0 Å². The molecule has 1 rings (SSSR count). The minimum atomic E-state index is -0.365. The number of nitrogens with two attached hydrogens (primary N) is 1. The van der Waals surface area contributed by atoms with E-state index in [1.54, 1.807) is 6.92 Å². The van der Waals surface area contributed by atoms with Crippen LogP contribution in [0, 0.1) is 0 Å². The third-order valence-electron chi connectivity index (χ3n) is 2.83. The summed E-state index contributed by atoms with van der Waals surface area (Å²) in [6, 6.07) is 0.127. The van der Waals surface area contributed by atoms with Crippen molar-refractivity contribution in [2.45, 2.75) is 31.8 Å². The highest BCUT2D eigenvalue weighted by Crippen LogP contribution is 2.14. The van der Waals surface area contributed by atoms with E-state index in [9.17, 15) is 4.79 Å². The summed E-state index contributed by atoms with van der Waals surface area (Å²) in [5, 5.41) is 0. The average Bonchev–Trinajstić information content (AvgIpc) is 2.16. The van der Waals surface area contributed by atoms with Crippen molar-refractivity contribution in [2.24, 2.45) is 5.73 Å². The Morgan fingerprint density at radius 2 is 2.21 bits per heavy atom. The van der Waals surface area contributed by atoms with Gasteiger partial charge in [0.25, 0.3) is 0 Å². The minimum Gasteiger partial charge on any atom is -0.340 e. The second-order valence-corrected chi connectivity index (χ2v) is 4.33. The molecule has 82 valence electrons. The van der Waals surface area contributed by atoms with Crippen molar-refractivity contribution in [3.63, 3.8) is 0 Å². The number of likely N-dealkylation sites (tertiary alicyclic amines) is 1. The average molecular weight is 199 g/mol. The van der Waals surface area contributed by atoms with Gasteiger partial charge >= 0.3 is 0 Å². The Balaban J connectivity index is 2.51. The molecule has 4 heteroatoms. The lowest BCUT2D eigenvalue weighted by Crippen LogP contribution is -2.51. The topological polar surface area (TPSA) is 49.6 Å². The summed E-state index contributed by atoms with van der Waals surface area (Å²) < 4.78 is 0. The van der Waals surface area contributed by atoms with Gasteiger partial charge in [-0.3, -0.25) is 4.79 Å². The molecular weight excluding hydrogens is 178 g/mol. The molecule has 1 heterocycles. The van der Waals surface area contributed by atoms with Gasteiger partial charge in [0, 0.05) is 19.1 Å². The summed E-state index contributed by atoms with van der Waals surface area (Å²) in [5.41, 5.74) is 5.58. The molecule has 0 radical (unpaired) electrons. The molecule has 0 aromatic heterocycles. The van der Waals surface area contributed by atoms with Crippen molar-refractivity contribution in [1.82, 2.24) is 9.80 Å². The van der Waals surface area contributed by atoms with Crippen molar-refractivity contribution in [3.8, 4) is 0 Å². The van der Waals surface area contributed by atoms with Crippen molar-refractivity contribution < 1.29 is 4.79 Å². The normalized spacial score (nSPS) is 25.2. The summed E-state index contributed by atoms with van der Waals surface area (Å²) in [6.07, 6.45) is 2.26. The predicted molar refractivity (Wildman–Crippen MR) is 56.9 cm³/mol.